The zero-order valence-corrected chi connectivity index (χ0v) is 13.1. The highest BCUT2D eigenvalue weighted by Gasteiger charge is 2.12. The van der Waals surface area contributed by atoms with E-state index < -0.39 is 5.97 Å². The maximum atomic E-state index is 12.3. The number of carboxylic acids is 1. The number of carboxylic acid groups (broad SMARTS) is 1. The predicted octanol–water partition coefficient (Wildman–Crippen LogP) is 3.21. The molecule has 1 rings (SSSR count). The Hall–Kier alpha value is -2.10. The summed E-state index contributed by atoms with van der Waals surface area (Å²) in [4.78, 5) is 24.6. The van der Waals surface area contributed by atoms with Gasteiger partial charge < -0.3 is 10.0 Å². The molecular weight excluding hydrogens is 266 g/mol. The van der Waals surface area contributed by atoms with Gasteiger partial charge in [0.25, 0.3) is 5.91 Å². The number of aryl methyl sites for hydroxylation is 1. The number of aliphatic carboxylic acids is 1. The van der Waals surface area contributed by atoms with Gasteiger partial charge in [0.1, 0.15) is 0 Å². The zero-order valence-electron chi connectivity index (χ0n) is 13.1. The minimum Gasteiger partial charge on any atom is -0.478 e. The van der Waals surface area contributed by atoms with Gasteiger partial charge in [0, 0.05) is 25.2 Å². The highest BCUT2D eigenvalue weighted by Crippen LogP contribution is 2.15. The number of nitrogens with zero attached hydrogens (tertiary/aromatic N) is 1. The first-order valence-electron chi connectivity index (χ1n) is 7.08. The van der Waals surface area contributed by atoms with Crippen molar-refractivity contribution < 1.29 is 14.7 Å². The van der Waals surface area contributed by atoms with Gasteiger partial charge in [-0.2, -0.15) is 0 Å². The summed E-state index contributed by atoms with van der Waals surface area (Å²) in [6.07, 6.45) is 3.60. The molecule has 0 heterocycles. The van der Waals surface area contributed by atoms with E-state index >= 15 is 0 Å². The van der Waals surface area contributed by atoms with Crippen LogP contribution in [0.5, 0.6) is 0 Å². The molecule has 1 aromatic rings. The third kappa shape index (κ3) is 5.42. The predicted molar refractivity (Wildman–Crippen MR) is 84.3 cm³/mol. The summed E-state index contributed by atoms with van der Waals surface area (Å²) >= 11 is 0. The molecule has 21 heavy (non-hydrogen) atoms. The fourth-order valence-corrected chi connectivity index (χ4v) is 1.93. The van der Waals surface area contributed by atoms with Gasteiger partial charge in [0.2, 0.25) is 0 Å². The monoisotopic (exact) mass is 289 g/mol. The number of rotatable bonds is 6. The van der Waals surface area contributed by atoms with Crippen molar-refractivity contribution in [3.05, 3.63) is 41.0 Å². The molecule has 1 N–H and O–H groups in total. The molecule has 4 nitrogen and oxygen atoms in total. The molecule has 0 aliphatic heterocycles. The summed E-state index contributed by atoms with van der Waals surface area (Å²) < 4.78 is 0. The lowest BCUT2D eigenvalue weighted by Crippen LogP contribution is -2.28. The molecule has 1 amide bonds. The van der Waals surface area contributed by atoms with Gasteiger partial charge in [-0.05, 0) is 48.6 Å². The van der Waals surface area contributed by atoms with Crippen LogP contribution >= 0.6 is 0 Å². The van der Waals surface area contributed by atoms with Gasteiger partial charge >= 0.3 is 5.97 Å². The topological polar surface area (TPSA) is 57.6 Å². The number of amides is 1. The highest BCUT2D eigenvalue weighted by molar-refractivity contribution is 5.94. The number of carbonyl (C=O) groups is 2. The lowest BCUT2D eigenvalue weighted by atomic mass is 10.0. The Balaban J connectivity index is 2.83. The first kappa shape index (κ1) is 17.0. The summed E-state index contributed by atoms with van der Waals surface area (Å²) in [6, 6.07) is 5.32. The third-order valence-electron chi connectivity index (χ3n) is 3.31. The molecule has 0 unspecified atom stereocenters. The summed E-state index contributed by atoms with van der Waals surface area (Å²) in [6.45, 7) is 6.86. The maximum Gasteiger partial charge on any atom is 0.328 e. The van der Waals surface area contributed by atoms with E-state index in [1.54, 1.807) is 30.1 Å². The van der Waals surface area contributed by atoms with E-state index in [1.165, 1.54) is 6.08 Å². The maximum absolute atomic E-state index is 12.3. The van der Waals surface area contributed by atoms with Crippen molar-refractivity contribution in [2.24, 2.45) is 5.92 Å². The van der Waals surface area contributed by atoms with E-state index in [0.29, 0.717) is 11.5 Å². The third-order valence-corrected chi connectivity index (χ3v) is 3.31. The van der Waals surface area contributed by atoms with E-state index in [9.17, 15) is 9.59 Å². The van der Waals surface area contributed by atoms with Crippen LogP contribution < -0.4 is 0 Å². The second-order valence-electron chi connectivity index (χ2n) is 5.65. The van der Waals surface area contributed by atoms with Crippen LogP contribution in [0.3, 0.4) is 0 Å². The first-order chi connectivity index (χ1) is 9.81. The Kier molecular flexibility index (Phi) is 6.15. The molecule has 0 bridgehead atoms. The fourth-order valence-electron chi connectivity index (χ4n) is 1.93. The Morgan fingerprint density at radius 1 is 1.33 bits per heavy atom. The molecule has 1 aromatic carbocycles. The quantitative estimate of drug-likeness (QED) is 0.818. The van der Waals surface area contributed by atoms with Crippen LogP contribution in [-0.2, 0) is 4.79 Å². The average molecular weight is 289 g/mol. The molecule has 0 saturated carbocycles. The Labute approximate surface area is 126 Å². The van der Waals surface area contributed by atoms with Gasteiger partial charge in [-0.25, -0.2) is 4.79 Å². The Morgan fingerprint density at radius 2 is 2.00 bits per heavy atom. The van der Waals surface area contributed by atoms with E-state index in [0.717, 1.165) is 30.2 Å². The summed E-state index contributed by atoms with van der Waals surface area (Å²) in [5.41, 5.74) is 2.32. The van der Waals surface area contributed by atoms with E-state index in [2.05, 4.69) is 13.8 Å². The fraction of sp³-hybridized carbons (Fsp3) is 0.412. The van der Waals surface area contributed by atoms with Gasteiger partial charge in [-0.1, -0.05) is 19.9 Å². The average Bonchev–Trinajstić information content (AvgIpc) is 2.42. The summed E-state index contributed by atoms with van der Waals surface area (Å²) in [5.74, 6) is -0.430. The minimum atomic E-state index is -0.983. The molecular formula is C17H23NO3. The largest absolute Gasteiger partial charge is 0.478 e. The van der Waals surface area contributed by atoms with Crippen LogP contribution in [0.2, 0.25) is 0 Å². The van der Waals surface area contributed by atoms with E-state index in [-0.39, 0.29) is 5.91 Å². The lowest BCUT2D eigenvalue weighted by Gasteiger charge is -2.18. The highest BCUT2D eigenvalue weighted by atomic mass is 16.4. The van der Waals surface area contributed by atoms with Crippen molar-refractivity contribution in [1.29, 1.82) is 0 Å². The Morgan fingerprint density at radius 3 is 2.52 bits per heavy atom. The van der Waals surface area contributed by atoms with Crippen LogP contribution in [0, 0.1) is 12.8 Å². The molecule has 0 spiro atoms. The molecule has 0 aromatic heterocycles. The number of carbonyl (C=O) groups excluding carboxylic acids is 1. The Bertz CT molecular complexity index is 547. The van der Waals surface area contributed by atoms with Crippen molar-refractivity contribution in [3.63, 3.8) is 0 Å². The standard InChI is InChI=1S/C17H23NO3/c1-12(2)9-10-18(4)17(21)15-6-5-14(13(3)11-15)7-8-16(19)20/h5-8,11-12H,9-10H2,1-4H3,(H,19,20)/b8-7+. The number of benzene rings is 1. The van der Waals surface area contributed by atoms with Gasteiger partial charge in [-0.3, -0.25) is 4.79 Å². The summed E-state index contributed by atoms with van der Waals surface area (Å²) in [5, 5.41) is 8.64. The van der Waals surface area contributed by atoms with Gasteiger partial charge in [0.05, 0.1) is 0 Å². The SMILES string of the molecule is Cc1cc(C(=O)N(C)CCC(C)C)ccc1/C=C/C(=O)O. The van der Waals surface area contributed by atoms with Crippen molar-refractivity contribution in [2.75, 3.05) is 13.6 Å². The summed E-state index contributed by atoms with van der Waals surface area (Å²) in [7, 11) is 1.80. The smallest absolute Gasteiger partial charge is 0.328 e. The van der Waals surface area contributed by atoms with Crippen molar-refractivity contribution in [2.45, 2.75) is 27.2 Å². The molecule has 0 radical (unpaired) electrons. The number of hydrogen-bond donors (Lipinski definition) is 1. The molecule has 0 atom stereocenters. The normalized spacial score (nSPS) is 11.1. The van der Waals surface area contributed by atoms with E-state index in [4.69, 9.17) is 5.11 Å². The lowest BCUT2D eigenvalue weighted by molar-refractivity contribution is -0.131. The van der Waals surface area contributed by atoms with Gasteiger partial charge in [0.15, 0.2) is 0 Å². The van der Waals surface area contributed by atoms with Gasteiger partial charge in [-0.15, -0.1) is 0 Å². The van der Waals surface area contributed by atoms with Crippen LogP contribution in [0.15, 0.2) is 24.3 Å². The van der Waals surface area contributed by atoms with Crippen LogP contribution in [0.1, 0.15) is 41.8 Å². The number of hydrogen-bond acceptors (Lipinski definition) is 2. The van der Waals surface area contributed by atoms with Crippen molar-refractivity contribution in [1.82, 2.24) is 4.90 Å². The molecule has 0 aliphatic carbocycles. The molecule has 0 aliphatic rings. The van der Waals surface area contributed by atoms with Crippen molar-refractivity contribution >= 4 is 18.0 Å². The minimum absolute atomic E-state index is 0.00693. The second kappa shape index (κ2) is 7.62. The second-order valence-corrected chi connectivity index (χ2v) is 5.65. The molecule has 114 valence electrons. The van der Waals surface area contributed by atoms with Crippen LogP contribution in [0.4, 0.5) is 0 Å². The molecule has 0 fully saturated rings. The first-order valence-corrected chi connectivity index (χ1v) is 7.08. The van der Waals surface area contributed by atoms with E-state index in [1.807, 2.05) is 6.92 Å². The zero-order chi connectivity index (χ0) is 16.0. The van der Waals surface area contributed by atoms with Crippen LogP contribution in [-0.4, -0.2) is 35.5 Å². The van der Waals surface area contributed by atoms with Crippen molar-refractivity contribution in [3.8, 4) is 0 Å². The molecule has 4 heteroatoms. The molecule has 0 saturated heterocycles. The van der Waals surface area contributed by atoms with Crippen LogP contribution in [0.25, 0.3) is 6.08 Å².